The molecule has 0 aromatic rings. The van der Waals surface area contributed by atoms with Gasteiger partial charge in [-0.25, -0.2) is 0 Å². The van der Waals surface area contributed by atoms with Crippen LogP contribution in [0.1, 0.15) is 52.9 Å². The summed E-state index contributed by atoms with van der Waals surface area (Å²) in [5.41, 5.74) is 0. The number of aliphatic hydroxyl groups is 1. The molecule has 13 heavy (non-hydrogen) atoms. The van der Waals surface area contributed by atoms with E-state index in [4.69, 9.17) is 5.11 Å². The Hall–Kier alpha value is -0.0800. The Balaban J connectivity index is 3.35. The highest BCUT2D eigenvalue weighted by Gasteiger charge is 2.05. The third-order valence-corrected chi connectivity index (χ3v) is 2.35. The molecule has 2 atom stereocenters. The third kappa shape index (κ3) is 8.26. The summed E-state index contributed by atoms with van der Waals surface area (Å²) in [5, 5.41) is 12.2. The van der Waals surface area contributed by atoms with Crippen molar-refractivity contribution < 1.29 is 5.11 Å². The highest BCUT2D eigenvalue weighted by atomic mass is 16.2. The molecular weight excluding hydrogens is 162 g/mol. The zero-order valence-electron chi connectivity index (χ0n) is 9.34. The Morgan fingerprint density at radius 3 is 2.08 bits per heavy atom. The summed E-state index contributed by atoms with van der Waals surface area (Å²) in [5.74, 6) is 0. The lowest BCUT2D eigenvalue weighted by atomic mass is 10.1. The van der Waals surface area contributed by atoms with Crippen LogP contribution in [0.4, 0.5) is 0 Å². The summed E-state index contributed by atoms with van der Waals surface area (Å²) >= 11 is 0. The van der Waals surface area contributed by atoms with E-state index in [1.807, 2.05) is 0 Å². The van der Waals surface area contributed by atoms with Gasteiger partial charge in [-0.05, 0) is 33.1 Å². The van der Waals surface area contributed by atoms with Gasteiger partial charge in [-0.2, -0.15) is 0 Å². The van der Waals surface area contributed by atoms with Gasteiger partial charge in [0.25, 0.3) is 0 Å². The van der Waals surface area contributed by atoms with Gasteiger partial charge in [0.1, 0.15) is 0 Å². The number of nitrogens with one attached hydrogen (secondary N) is 1. The van der Waals surface area contributed by atoms with E-state index in [0.717, 1.165) is 12.8 Å². The molecule has 0 aromatic carbocycles. The molecule has 2 heteroatoms. The van der Waals surface area contributed by atoms with Crippen LogP contribution in [0, 0.1) is 0 Å². The zero-order chi connectivity index (χ0) is 10.1. The van der Waals surface area contributed by atoms with Crippen molar-refractivity contribution in [2.75, 3.05) is 6.61 Å². The molecule has 2 nitrogen and oxygen atoms in total. The number of hydrogen-bond acceptors (Lipinski definition) is 2. The Labute approximate surface area is 82.7 Å². The van der Waals surface area contributed by atoms with E-state index in [2.05, 4.69) is 26.1 Å². The maximum Gasteiger partial charge on any atom is 0.0431 e. The van der Waals surface area contributed by atoms with Crippen LogP contribution in [-0.4, -0.2) is 23.8 Å². The molecule has 0 radical (unpaired) electrons. The van der Waals surface area contributed by atoms with Crippen LogP contribution < -0.4 is 5.32 Å². The first-order valence-electron chi connectivity index (χ1n) is 5.57. The van der Waals surface area contributed by atoms with Crippen molar-refractivity contribution >= 4 is 0 Å². The first-order valence-corrected chi connectivity index (χ1v) is 5.57. The fourth-order valence-corrected chi connectivity index (χ4v) is 1.56. The Morgan fingerprint density at radius 1 is 1.08 bits per heavy atom. The molecule has 0 heterocycles. The fraction of sp³-hybridized carbons (Fsp3) is 1.00. The van der Waals surface area contributed by atoms with E-state index < -0.39 is 0 Å². The summed E-state index contributed by atoms with van der Waals surface area (Å²) in [7, 11) is 0. The van der Waals surface area contributed by atoms with Crippen LogP contribution in [0.3, 0.4) is 0 Å². The zero-order valence-corrected chi connectivity index (χ0v) is 9.34. The molecule has 0 saturated carbocycles. The maximum atomic E-state index is 8.66. The number of hydrogen-bond donors (Lipinski definition) is 2. The smallest absolute Gasteiger partial charge is 0.0431 e. The van der Waals surface area contributed by atoms with Crippen molar-refractivity contribution in [2.45, 2.75) is 65.0 Å². The van der Waals surface area contributed by atoms with E-state index in [1.165, 1.54) is 19.3 Å². The molecule has 0 fully saturated rings. The highest BCUT2D eigenvalue weighted by molar-refractivity contribution is 4.67. The van der Waals surface area contributed by atoms with Gasteiger partial charge in [-0.15, -0.1) is 0 Å². The maximum absolute atomic E-state index is 8.66. The molecule has 0 aromatic heterocycles. The van der Waals surface area contributed by atoms with Crippen LogP contribution >= 0.6 is 0 Å². The van der Waals surface area contributed by atoms with Gasteiger partial charge in [0, 0.05) is 18.7 Å². The lowest BCUT2D eigenvalue weighted by molar-refractivity contribution is 0.273. The van der Waals surface area contributed by atoms with Gasteiger partial charge >= 0.3 is 0 Å². The molecule has 0 amide bonds. The van der Waals surface area contributed by atoms with Crippen LogP contribution in [0.2, 0.25) is 0 Å². The van der Waals surface area contributed by atoms with Crippen molar-refractivity contribution in [3.63, 3.8) is 0 Å². The SMILES string of the molecule is CCCCC(C)NC(C)CCCO. The average Bonchev–Trinajstić information content (AvgIpc) is 2.11. The summed E-state index contributed by atoms with van der Waals surface area (Å²) in [4.78, 5) is 0. The van der Waals surface area contributed by atoms with Crippen molar-refractivity contribution in [2.24, 2.45) is 0 Å². The predicted molar refractivity (Wildman–Crippen MR) is 57.9 cm³/mol. The predicted octanol–water partition coefficient (Wildman–Crippen LogP) is 2.32. The second-order valence-electron chi connectivity index (χ2n) is 3.98. The third-order valence-electron chi connectivity index (χ3n) is 2.35. The fourth-order valence-electron chi connectivity index (χ4n) is 1.56. The first-order chi connectivity index (χ1) is 6.20. The molecule has 0 bridgehead atoms. The van der Waals surface area contributed by atoms with Gasteiger partial charge in [0.2, 0.25) is 0 Å². The minimum absolute atomic E-state index is 0.315. The standard InChI is InChI=1S/C11H25NO/c1-4-5-7-10(2)12-11(3)8-6-9-13/h10-13H,4-9H2,1-3H3. The van der Waals surface area contributed by atoms with E-state index in [-0.39, 0.29) is 0 Å². The molecule has 0 rings (SSSR count). The van der Waals surface area contributed by atoms with Crippen LogP contribution in [0.15, 0.2) is 0 Å². The van der Waals surface area contributed by atoms with Gasteiger partial charge in [-0.3, -0.25) is 0 Å². The average molecular weight is 187 g/mol. The Bertz CT molecular complexity index is 94.3. The summed E-state index contributed by atoms with van der Waals surface area (Å²) < 4.78 is 0. The van der Waals surface area contributed by atoms with E-state index >= 15 is 0 Å². The van der Waals surface area contributed by atoms with Gasteiger partial charge in [0.05, 0.1) is 0 Å². The molecule has 0 aliphatic carbocycles. The second-order valence-corrected chi connectivity index (χ2v) is 3.98. The van der Waals surface area contributed by atoms with Crippen molar-refractivity contribution in [1.82, 2.24) is 5.32 Å². The first kappa shape index (κ1) is 12.9. The largest absolute Gasteiger partial charge is 0.396 e. The summed E-state index contributed by atoms with van der Waals surface area (Å²) in [6.45, 7) is 6.97. The normalized spacial score (nSPS) is 15.7. The lowest BCUT2D eigenvalue weighted by Gasteiger charge is -2.19. The highest BCUT2D eigenvalue weighted by Crippen LogP contribution is 2.03. The monoisotopic (exact) mass is 187 g/mol. The number of aliphatic hydroxyl groups excluding tert-OH is 1. The number of unbranched alkanes of at least 4 members (excludes halogenated alkanes) is 1. The van der Waals surface area contributed by atoms with Crippen LogP contribution in [0.25, 0.3) is 0 Å². The van der Waals surface area contributed by atoms with Crippen LogP contribution in [0.5, 0.6) is 0 Å². The number of rotatable bonds is 8. The molecular formula is C11H25NO. The summed E-state index contributed by atoms with van der Waals surface area (Å²) in [6, 6.07) is 1.16. The van der Waals surface area contributed by atoms with Gasteiger partial charge in [-0.1, -0.05) is 19.8 Å². The minimum Gasteiger partial charge on any atom is -0.396 e. The van der Waals surface area contributed by atoms with E-state index in [9.17, 15) is 0 Å². The molecule has 0 aliphatic heterocycles. The summed E-state index contributed by atoms with van der Waals surface area (Å²) in [6.07, 6.45) is 5.83. The molecule has 0 saturated heterocycles. The van der Waals surface area contributed by atoms with E-state index in [0.29, 0.717) is 18.7 Å². The Kier molecular flexibility index (Phi) is 8.46. The molecule has 0 aliphatic rings. The van der Waals surface area contributed by atoms with Crippen molar-refractivity contribution in [3.05, 3.63) is 0 Å². The second kappa shape index (κ2) is 8.52. The molecule has 2 N–H and O–H groups in total. The molecule has 80 valence electrons. The van der Waals surface area contributed by atoms with E-state index in [1.54, 1.807) is 0 Å². The molecule has 0 spiro atoms. The quantitative estimate of drug-likeness (QED) is 0.611. The van der Waals surface area contributed by atoms with Crippen LogP contribution in [-0.2, 0) is 0 Å². The minimum atomic E-state index is 0.315. The lowest BCUT2D eigenvalue weighted by Crippen LogP contribution is -2.34. The topological polar surface area (TPSA) is 32.3 Å². The molecule has 2 unspecified atom stereocenters. The van der Waals surface area contributed by atoms with Crippen molar-refractivity contribution in [1.29, 1.82) is 0 Å². The van der Waals surface area contributed by atoms with Crippen molar-refractivity contribution in [3.8, 4) is 0 Å². The van der Waals surface area contributed by atoms with Gasteiger partial charge < -0.3 is 10.4 Å². The Morgan fingerprint density at radius 2 is 1.62 bits per heavy atom. The van der Waals surface area contributed by atoms with Gasteiger partial charge in [0.15, 0.2) is 0 Å².